The number of hydrogen-bond acceptors (Lipinski definition) is 6. The van der Waals surface area contributed by atoms with E-state index in [1.165, 1.54) is 38.5 Å². The molecule has 0 radical (unpaired) electrons. The fourth-order valence-corrected chi connectivity index (χ4v) is 4.39. The van der Waals surface area contributed by atoms with Crippen LogP contribution in [-0.2, 0) is 28.4 Å². The largest absolute Gasteiger partial charge is 0.380 e. The quantitative estimate of drug-likeness (QED) is 0.222. The monoisotopic (exact) mass is 456 g/mol. The Morgan fingerprint density at radius 1 is 0.656 bits per heavy atom. The van der Waals surface area contributed by atoms with Crippen LogP contribution in [0, 0.1) is 22.2 Å². The topological polar surface area (TPSA) is 55.4 Å². The van der Waals surface area contributed by atoms with Gasteiger partial charge in [0.2, 0.25) is 0 Å². The number of rotatable bonds is 17. The van der Waals surface area contributed by atoms with Crippen LogP contribution in [0.5, 0.6) is 0 Å². The zero-order valence-electron chi connectivity index (χ0n) is 21.3. The molecule has 0 spiro atoms. The Hall–Kier alpha value is -0.240. The van der Waals surface area contributed by atoms with Gasteiger partial charge in [-0.25, -0.2) is 0 Å². The fourth-order valence-electron chi connectivity index (χ4n) is 4.39. The van der Waals surface area contributed by atoms with Gasteiger partial charge < -0.3 is 28.4 Å². The van der Waals surface area contributed by atoms with E-state index in [0.29, 0.717) is 19.8 Å². The summed E-state index contributed by atoms with van der Waals surface area (Å²) in [5.74, 6) is -0.911. The van der Waals surface area contributed by atoms with Gasteiger partial charge in [0.15, 0.2) is 0 Å². The molecule has 3 aliphatic heterocycles. The van der Waals surface area contributed by atoms with Crippen molar-refractivity contribution < 1.29 is 28.4 Å². The average Bonchev–Trinajstić information content (AvgIpc) is 2.71. The Morgan fingerprint density at radius 2 is 1.03 bits per heavy atom. The predicted octanol–water partition coefficient (Wildman–Crippen LogP) is 5.19. The summed E-state index contributed by atoms with van der Waals surface area (Å²) in [6.45, 7) is 17.2. The van der Waals surface area contributed by atoms with Crippen molar-refractivity contribution in [1.82, 2.24) is 0 Å². The van der Waals surface area contributed by atoms with Crippen LogP contribution in [-0.4, -0.2) is 65.4 Å². The van der Waals surface area contributed by atoms with Gasteiger partial charge in [-0.15, -0.1) is 0 Å². The van der Waals surface area contributed by atoms with E-state index in [9.17, 15) is 0 Å². The summed E-state index contributed by atoms with van der Waals surface area (Å²) in [5.41, 5.74) is 0.0976. The average molecular weight is 457 g/mol. The van der Waals surface area contributed by atoms with Crippen molar-refractivity contribution in [3.8, 4) is 0 Å². The summed E-state index contributed by atoms with van der Waals surface area (Å²) in [7, 11) is 0. The summed E-state index contributed by atoms with van der Waals surface area (Å²) in [6.07, 6.45) is 8.69. The van der Waals surface area contributed by atoms with E-state index in [2.05, 4.69) is 34.6 Å². The fraction of sp³-hybridized carbons (Fsp3) is 1.00. The van der Waals surface area contributed by atoms with Crippen LogP contribution >= 0.6 is 0 Å². The van der Waals surface area contributed by atoms with Crippen LogP contribution in [0.25, 0.3) is 0 Å². The number of hydrogen-bond donors (Lipinski definition) is 0. The van der Waals surface area contributed by atoms with Crippen LogP contribution in [0.2, 0.25) is 0 Å². The molecule has 0 bridgehead atoms. The lowest BCUT2D eigenvalue weighted by molar-refractivity contribution is -0.429. The SMILES string of the molecule is CCCCCCCCC(C)C(OCC1(C)COC1)(OCC1(C)COC1)OCC1(C)COC1. The minimum Gasteiger partial charge on any atom is -0.380 e. The molecule has 0 aromatic rings. The Balaban J connectivity index is 1.65. The molecule has 0 saturated carbocycles. The van der Waals surface area contributed by atoms with E-state index >= 15 is 0 Å². The van der Waals surface area contributed by atoms with Crippen molar-refractivity contribution in [2.75, 3.05) is 59.5 Å². The van der Waals surface area contributed by atoms with Crippen LogP contribution < -0.4 is 0 Å². The van der Waals surface area contributed by atoms with E-state index in [0.717, 1.165) is 46.1 Å². The van der Waals surface area contributed by atoms with Crippen LogP contribution in [0.1, 0.15) is 79.6 Å². The van der Waals surface area contributed by atoms with Gasteiger partial charge in [-0.2, -0.15) is 0 Å². The van der Waals surface area contributed by atoms with Gasteiger partial charge in [-0.3, -0.25) is 0 Å². The molecule has 188 valence electrons. The highest BCUT2D eigenvalue weighted by Crippen LogP contribution is 2.39. The molecule has 0 N–H and O–H groups in total. The molecule has 0 aromatic heterocycles. The third kappa shape index (κ3) is 7.13. The van der Waals surface area contributed by atoms with E-state index in [1.54, 1.807) is 0 Å². The van der Waals surface area contributed by atoms with Crippen molar-refractivity contribution in [2.45, 2.75) is 85.5 Å². The highest BCUT2D eigenvalue weighted by Gasteiger charge is 2.48. The first kappa shape index (κ1) is 26.4. The maximum absolute atomic E-state index is 6.62. The van der Waals surface area contributed by atoms with Crippen LogP contribution in [0.4, 0.5) is 0 Å². The van der Waals surface area contributed by atoms with E-state index < -0.39 is 5.97 Å². The van der Waals surface area contributed by atoms with Crippen molar-refractivity contribution in [3.63, 3.8) is 0 Å². The maximum Gasteiger partial charge on any atom is 0.285 e. The van der Waals surface area contributed by atoms with E-state index in [4.69, 9.17) is 28.4 Å². The molecule has 6 nitrogen and oxygen atoms in total. The highest BCUT2D eigenvalue weighted by molar-refractivity contribution is 4.86. The van der Waals surface area contributed by atoms with Crippen molar-refractivity contribution in [2.24, 2.45) is 22.2 Å². The zero-order valence-corrected chi connectivity index (χ0v) is 21.3. The van der Waals surface area contributed by atoms with Gasteiger partial charge in [0.25, 0.3) is 5.97 Å². The van der Waals surface area contributed by atoms with E-state index in [-0.39, 0.29) is 22.2 Å². The molecular formula is C26H48O6. The smallest absolute Gasteiger partial charge is 0.285 e. The first-order valence-electron chi connectivity index (χ1n) is 12.9. The third-order valence-electron chi connectivity index (χ3n) is 7.16. The van der Waals surface area contributed by atoms with Crippen LogP contribution in [0.15, 0.2) is 0 Å². The predicted molar refractivity (Wildman–Crippen MR) is 125 cm³/mol. The molecule has 3 saturated heterocycles. The zero-order chi connectivity index (χ0) is 23.1. The maximum atomic E-state index is 6.62. The lowest BCUT2D eigenvalue weighted by Crippen LogP contribution is -2.56. The normalized spacial score (nSPS) is 24.3. The van der Waals surface area contributed by atoms with Gasteiger partial charge in [0.1, 0.15) is 0 Å². The summed E-state index contributed by atoms with van der Waals surface area (Å²) >= 11 is 0. The minimum atomic E-state index is -1.04. The van der Waals surface area contributed by atoms with Gasteiger partial charge >= 0.3 is 0 Å². The Bertz CT molecular complexity index is 493. The summed E-state index contributed by atoms with van der Waals surface area (Å²) < 4.78 is 36.2. The molecule has 0 amide bonds. The first-order valence-corrected chi connectivity index (χ1v) is 12.9. The molecule has 3 aliphatic rings. The molecule has 1 atom stereocenters. The third-order valence-corrected chi connectivity index (χ3v) is 7.16. The molecule has 3 rings (SSSR count). The highest BCUT2D eigenvalue weighted by atomic mass is 16.9. The van der Waals surface area contributed by atoms with Gasteiger partial charge in [0, 0.05) is 22.2 Å². The lowest BCUT2D eigenvalue weighted by Gasteiger charge is -2.48. The molecule has 1 unspecified atom stereocenters. The van der Waals surface area contributed by atoms with Crippen LogP contribution in [0.3, 0.4) is 0 Å². The molecule has 0 aromatic carbocycles. The van der Waals surface area contributed by atoms with E-state index in [1.807, 2.05) is 0 Å². The Kier molecular flexibility index (Phi) is 9.44. The molecule has 0 aliphatic carbocycles. The first-order chi connectivity index (χ1) is 15.2. The summed E-state index contributed by atoms with van der Waals surface area (Å²) in [4.78, 5) is 0. The standard InChI is InChI=1S/C26H48O6/c1-6-7-8-9-10-11-12-22(2)26(30-19-23(3)13-27-14-23,31-20-24(4)15-28-16-24)32-21-25(5)17-29-18-25/h22H,6-21H2,1-5H3. The molecular weight excluding hydrogens is 408 g/mol. The minimum absolute atomic E-state index is 0.0325. The van der Waals surface area contributed by atoms with Gasteiger partial charge in [-0.05, 0) is 6.42 Å². The Morgan fingerprint density at radius 3 is 1.38 bits per heavy atom. The summed E-state index contributed by atoms with van der Waals surface area (Å²) in [6, 6.07) is 0. The lowest BCUT2D eigenvalue weighted by atomic mass is 9.89. The number of ether oxygens (including phenoxy) is 6. The Labute approximate surface area is 196 Å². The van der Waals surface area contributed by atoms with Crippen molar-refractivity contribution >= 4 is 0 Å². The molecule has 32 heavy (non-hydrogen) atoms. The molecule has 6 heteroatoms. The van der Waals surface area contributed by atoms with Gasteiger partial charge in [-0.1, -0.05) is 73.1 Å². The van der Waals surface area contributed by atoms with Crippen molar-refractivity contribution in [1.29, 1.82) is 0 Å². The second-order valence-corrected chi connectivity index (χ2v) is 11.8. The second kappa shape index (κ2) is 11.5. The van der Waals surface area contributed by atoms with Gasteiger partial charge in [0.05, 0.1) is 59.5 Å². The second-order valence-electron chi connectivity index (χ2n) is 11.8. The molecule has 3 fully saturated rings. The van der Waals surface area contributed by atoms with Crippen molar-refractivity contribution in [3.05, 3.63) is 0 Å². The molecule has 3 heterocycles. The summed E-state index contributed by atoms with van der Waals surface area (Å²) in [5, 5.41) is 0. The number of unbranched alkanes of at least 4 members (excludes halogenated alkanes) is 5.